The van der Waals surface area contributed by atoms with Crippen LogP contribution in [0.3, 0.4) is 0 Å². The van der Waals surface area contributed by atoms with E-state index in [1.54, 1.807) is 60.4 Å². The molecule has 0 aliphatic heterocycles. The number of nitrogens with zero attached hydrogens (tertiary/aromatic N) is 1. The van der Waals surface area contributed by atoms with Crippen molar-refractivity contribution in [2.75, 3.05) is 16.8 Å². The minimum absolute atomic E-state index is 0.100. The lowest BCUT2D eigenvalue weighted by Gasteiger charge is -2.21. The van der Waals surface area contributed by atoms with Gasteiger partial charge < -0.3 is 15.0 Å². The van der Waals surface area contributed by atoms with E-state index in [9.17, 15) is 9.59 Å². The zero-order valence-corrected chi connectivity index (χ0v) is 17.6. The van der Waals surface area contributed by atoms with Crippen molar-refractivity contribution >= 4 is 34.8 Å². The number of nitrogens with one attached hydrogen (secondary N) is 1. The monoisotopic (exact) mass is 422 g/mol. The molecular weight excluding hydrogens is 400 g/mol. The Balaban J connectivity index is 1.64. The Labute approximate surface area is 181 Å². The molecule has 0 saturated carbocycles. The number of carbonyl (C=O) groups excluding carboxylic acids is 2. The molecule has 0 aromatic heterocycles. The molecule has 3 aromatic rings. The van der Waals surface area contributed by atoms with Crippen molar-refractivity contribution in [3.05, 3.63) is 89.4 Å². The van der Waals surface area contributed by atoms with Crippen LogP contribution in [0.25, 0.3) is 0 Å². The number of hydrogen-bond donors (Lipinski definition) is 1. The van der Waals surface area contributed by atoms with Crippen molar-refractivity contribution in [1.82, 2.24) is 0 Å². The minimum Gasteiger partial charge on any atom is -0.479 e. The Hall–Kier alpha value is -3.31. The molecule has 0 saturated heterocycles. The topological polar surface area (TPSA) is 58.6 Å². The molecule has 0 bridgehead atoms. The van der Waals surface area contributed by atoms with E-state index in [1.807, 2.05) is 37.3 Å². The number of ether oxygens (including phenoxy) is 1. The fourth-order valence-corrected chi connectivity index (χ4v) is 3.11. The van der Waals surface area contributed by atoms with Gasteiger partial charge in [0.25, 0.3) is 11.8 Å². The molecule has 0 fully saturated rings. The number of amides is 2. The van der Waals surface area contributed by atoms with Crippen molar-refractivity contribution < 1.29 is 14.3 Å². The summed E-state index contributed by atoms with van der Waals surface area (Å²) in [6.45, 7) is 4.13. The summed E-state index contributed by atoms with van der Waals surface area (Å²) in [6.07, 6.45) is -0.736. The van der Waals surface area contributed by atoms with Gasteiger partial charge in [0.05, 0.1) is 5.02 Å². The zero-order chi connectivity index (χ0) is 21.5. The summed E-state index contributed by atoms with van der Waals surface area (Å²) < 4.78 is 5.63. The van der Waals surface area contributed by atoms with Crippen LogP contribution >= 0.6 is 11.6 Å². The molecule has 0 heterocycles. The Bertz CT molecular complexity index is 1010. The second kappa shape index (κ2) is 9.94. The van der Waals surface area contributed by atoms with Gasteiger partial charge in [-0.05, 0) is 62.4 Å². The molecule has 0 aliphatic rings. The number of hydrogen-bond acceptors (Lipinski definition) is 3. The van der Waals surface area contributed by atoms with Crippen molar-refractivity contribution in [3.63, 3.8) is 0 Å². The molecule has 1 atom stereocenters. The predicted molar refractivity (Wildman–Crippen MR) is 120 cm³/mol. The molecule has 1 N–H and O–H groups in total. The summed E-state index contributed by atoms with van der Waals surface area (Å²) in [4.78, 5) is 27.0. The summed E-state index contributed by atoms with van der Waals surface area (Å²) in [5.74, 6) is 0.0359. The van der Waals surface area contributed by atoms with Crippen LogP contribution < -0.4 is 15.0 Å². The summed E-state index contributed by atoms with van der Waals surface area (Å²) in [5.41, 5.74) is 1.96. The van der Waals surface area contributed by atoms with Crippen LogP contribution in [0.1, 0.15) is 24.2 Å². The third-order valence-corrected chi connectivity index (χ3v) is 4.85. The average Bonchev–Trinajstić information content (AvgIpc) is 2.77. The van der Waals surface area contributed by atoms with E-state index in [0.29, 0.717) is 28.6 Å². The Morgan fingerprint density at radius 2 is 1.60 bits per heavy atom. The van der Waals surface area contributed by atoms with E-state index in [-0.39, 0.29) is 11.8 Å². The molecule has 5 nitrogen and oxygen atoms in total. The molecular formula is C24H23ClN2O3. The second-order valence-corrected chi connectivity index (χ2v) is 7.05. The van der Waals surface area contributed by atoms with Gasteiger partial charge in [0.15, 0.2) is 6.10 Å². The normalized spacial score (nSPS) is 11.4. The molecule has 6 heteroatoms. The molecule has 2 amide bonds. The molecule has 3 rings (SSSR count). The highest BCUT2D eigenvalue weighted by atomic mass is 35.5. The van der Waals surface area contributed by atoms with Gasteiger partial charge >= 0.3 is 0 Å². The predicted octanol–water partition coefficient (Wildman–Crippen LogP) is 5.41. The fraction of sp³-hybridized carbons (Fsp3) is 0.167. The Kier molecular flexibility index (Phi) is 7.09. The molecule has 3 aromatic carbocycles. The number of carbonyl (C=O) groups is 2. The second-order valence-electron chi connectivity index (χ2n) is 6.64. The van der Waals surface area contributed by atoms with E-state index in [2.05, 4.69) is 5.32 Å². The van der Waals surface area contributed by atoms with Gasteiger partial charge in [-0.3, -0.25) is 9.59 Å². The zero-order valence-electron chi connectivity index (χ0n) is 16.8. The smallest absolute Gasteiger partial charge is 0.265 e. The lowest BCUT2D eigenvalue weighted by Crippen LogP contribution is -2.31. The molecule has 0 radical (unpaired) electrons. The largest absolute Gasteiger partial charge is 0.479 e. The summed E-state index contributed by atoms with van der Waals surface area (Å²) in [6, 6.07) is 23.3. The third kappa shape index (κ3) is 5.19. The van der Waals surface area contributed by atoms with E-state index >= 15 is 0 Å². The quantitative estimate of drug-likeness (QED) is 0.553. The summed E-state index contributed by atoms with van der Waals surface area (Å²) in [7, 11) is 0. The lowest BCUT2D eigenvalue weighted by atomic mass is 10.1. The number of rotatable bonds is 7. The van der Waals surface area contributed by atoms with Gasteiger partial charge in [0, 0.05) is 23.5 Å². The van der Waals surface area contributed by atoms with Gasteiger partial charge in [-0.2, -0.15) is 0 Å². The van der Waals surface area contributed by atoms with Crippen LogP contribution in [0.2, 0.25) is 5.02 Å². The van der Waals surface area contributed by atoms with E-state index < -0.39 is 6.10 Å². The van der Waals surface area contributed by atoms with E-state index in [1.165, 1.54) is 0 Å². The maximum atomic E-state index is 12.9. The van der Waals surface area contributed by atoms with Crippen molar-refractivity contribution in [2.24, 2.45) is 0 Å². The average molecular weight is 423 g/mol. The van der Waals surface area contributed by atoms with E-state index in [4.69, 9.17) is 16.3 Å². The highest BCUT2D eigenvalue weighted by Gasteiger charge is 2.18. The molecule has 30 heavy (non-hydrogen) atoms. The highest BCUT2D eigenvalue weighted by Crippen LogP contribution is 2.24. The van der Waals surface area contributed by atoms with Crippen LogP contribution in [0.4, 0.5) is 11.4 Å². The lowest BCUT2D eigenvalue weighted by molar-refractivity contribution is -0.122. The van der Waals surface area contributed by atoms with Gasteiger partial charge in [0.1, 0.15) is 5.75 Å². The summed E-state index contributed by atoms with van der Waals surface area (Å²) in [5, 5.41) is 3.23. The SMILES string of the molecule is CCN(C(=O)c1ccc(NC(=O)C(C)Oc2ccccc2Cl)cc1)c1ccccc1. The van der Waals surface area contributed by atoms with Crippen LogP contribution in [-0.2, 0) is 4.79 Å². The molecule has 0 aliphatic carbocycles. The third-order valence-electron chi connectivity index (χ3n) is 4.54. The first-order valence-electron chi connectivity index (χ1n) is 9.68. The highest BCUT2D eigenvalue weighted by molar-refractivity contribution is 6.32. The first kappa shape index (κ1) is 21.4. The first-order valence-corrected chi connectivity index (χ1v) is 10.1. The van der Waals surface area contributed by atoms with Crippen LogP contribution in [0.15, 0.2) is 78.9 Å². The summed E-state index contributed by atoms with van der Waals surface area (Å²) >= 11 is 6.07. The van der Waals surface area contributed by atoms with Crippen molar-refractivity contribution in [3.8, 4) is 5.75 Å². The number of para-hydroxylation sites is 2. The Morgan fingerprint density at radius 1 is 0.967 bits per heavy atom. The first-order chi connectivity index (χ1) is 14.5. The van der Waals surface area contributed by atoms with Gasteiger partial charge in [-0.1, -0.05) is 41.9 Å². The molecule has 1 unspecified atom stereocenters. The molecule has 0 spiro atoms. The minimum atomic E-state index is -0.736. The van der Waals surface area contributed by atoms with Gasteiger partial charge in [0.2, 0.25) is 0 Å². The fourth-order valence-electron chi connectivity index (χ4n) is 2.93. The van der Waals surface area contributed by atoms with Gasteiger partial charge in [-0.25, -0.2) is 0 Å². The number of benzene rings is 3. The van der Waals surface area contributed by atoms with Crippen molar-refractivity contribution in [1.29, 1.82) is 0 Å². The number of halogens is 1. The van der Waals surface area contributed by atoms with Crippen LogP contribution in [-0.4, -0.2) is 24.5 Å². The molecule has 154 valence electrons. The van der Waals surface area contributed by atoms with Gasteiger partial charge in [-0.15, -0.1) is 0 Å². The standard InChI is InChI=1S/C24H23ClN2O3/c1-3-27(20-9-5-4-6-10-20)24(29)18-13-15-19(16-14-18)26-23(28)17(2)30-22-12-8-7-11-21(22)25/h4-17H,3H2,1-2H3,(H,26,28). The number of anilines is 2. The maximum Gasteiger partial charge on any atom is 0.265 e. The van der Waals surface area contributed by atoms with Crippen LogP contribution in [0, 0.1) is 0 Å². The van der Waals surface area contributed by atoms with E-state index in [0.717, 1.165) is 5.69 Å². The van der Waals surface area contributed by atoms with Crippen molar-refractivity contribution in [2.45, 2.75) is 20.0 Å². The Morgan fingerprint density at radius 3 is 2.23 bits per heavy atom. The van der Waals surface area contributed by atoms with Crippen LogP contribution in [0.5, 0.6) is 5.75 Å². The maximum absolute atomic E-state index is 12.9.